The monoisotopic (exact) mass is 266 g/mol. The quantitative estimate of drug-likeness (QED) is 0.775. The second kappa shape index (κ2) is 5.87. The summed E-state index contributed by atoms with van der Waals surface area (Å²) in [7, 11) is 0. The van der Waals surface area contributed by atoms with E-state index in [0.29, 0.717) is 25.8 Å². The number of Topliss-reactive ketones (excluding diaryl/α,β-unsaturated/α-hetero) is 1. The predicted molar refractivity (Wildman–Crippen MR) is 62.5 cm³/mol. The Labute approximate surface area is 109 Å². The second-order valence-corrected chi connectivity index (χ2v) is 4.27. The van der Waals surface area contributed by atoms with Gasteiger partial charge in [0.05, 0.1) is 24.8 Å². The first-order chi connectivity index (χ1) is 9.10. The SMILES string of the molecule is N#CC1CN(CC(=O)c2ccc(F)cc2F)CCO1. The molecule has 1 heterocycles. The molecule has 1 atom stereocenters. The van der Waals surface area contributed by atoms with Crippen LogP contribution in [0.25, 0.3) is 0 Å². The third-order valence-electron chi connectivity index (χ3n) is 2.89. The summed E-state index contributed by atoms with van der Waals surface area (Å²) in [6, 6.07) is 4.84. The van der Waals surface area contributed by atoms with Crippen molar-refractivity contribution in [1.82, 2.24) is 4.90 Å². The number of rotatable bonds is 3. The molecule has 0 aromatic heterocycles. The van der Waals surface area contributed by atoms with E-state index in [4.69, 9.17) is 10.00 Å². The maximum atomic E-state index is 13.4. The largest absolute Gasteiger partial charge is 0.361 e. The molecule has 1 aliphatic heterocycles. The van der Waals surface area contributed by atoms with Gasteiger partial charge < -0.3 is 4.74 Å². The molecule has 0 spiro atoms. The minimum Gasteiger partial charge on any atom is -0.361 e. The molecule has 4 nitrogen and oxygen atoms in total. The van der Waals surface area contributed by atoms with Crippen LogP contribution in [-0.4, -0.2) is 43.0 Å². The lowest BCUT2D eigenvalue weighted by molar-refractivity contribution is 0.00237. The summed E-state index contributed by atoms with van der Waals surface area (Å²) in [5, 5.41) is 8.75. The standard InChI is InChI=1S/C13H12F2N2O2/c14-9-1-2-11(12(15)5-9)13(18)8-17-3-4-19-10(6-16)7-17/h1-2,5,10H,3-4,7-8H2. The summed E-state index contributed by atoms with van der Waals surface area (Å²) >= 11 is 0. The Balaban J connectivity index is 2.03. The van der Waals surface area contributed by atoms with Crippen molar-refractivity contribution < 1.29 is 18.3 Å². The highest BCUT2D eigenvalue weighted by molar-refractivity contribution is 5.97. The normalized spacial score (nSPS) is 19.9. The number of carbonyl (C=O) groups excluding carboxylic acids is 1. The van der Waals surface area contributed by atoms with Crippen LogP contribution in [0.3, 0.4) is 0 Å². The third-order valence-corrected chi connectivity index (χ3v) is 2.89. The maximum absolute atomic E-state index is 13.4. The number of ether oxygens (including phenoxy) is 1. The minimum absolute atomic E-state index is 0.00983. The van der Waals surface area contributed by atoms with Crippen molar-refractivity contribution in [1.29, 1.82) is 5.26 Å². The Hall–Kier alpha value is -1.84. The van der Waals surface area contributed by atoms with Crippen LogP contribution in [-0.2, 0) is 4.74 Å². The van der Waals surface area contributed by atoms with E-state index < -0.39 is 23.5 Å². The van der Waals surface area contributed by atoms with E-state index in [-0.39, 0.29) is 12.1 Å². The van der Waals surface area contributed by atoms with Gasteiger partial charge in [0.1, 0.15) is 11.6 Å². The topological polar surface area (TPSA) is 53.3 Å². The number of hydrogen-bond donors (Lipinski definition) is 0. The lowest BCUT2D eigenvalue weighted by Gasteiger charge is -2.28. The first-order valence-electron chi connectivity index (χ1n) is 5.82. The molecule has 100 valence electrons. The molecule has 2 rings (SSSR count). The molecule has 0 saturated carbocycles. The van der Waals surface area contributed by atoms with Crippen LogP contribution >= 0.6 is 0 Å². The summed E-state index contributed by atoms with van der Waals surface area (Å²) in [6.07, 6.45) is -0.570. The molecule has 19 heavy (non-hydrogen) atoms. The van der Waals surface area contributed by atoms with E-state index >= 15 is 0 Å². The molecule has 0 bridgehead atoms. The Kier molecular flexibility index (Phi) is 4.20. The number of nitriles is 1. The fourth-order valence-electron chi connectivity index (χ4n) is 1.93. The second-order valence-electron chi connectivity index (χ2n) is 4.27. The number of morpholine rings is 1. The molecule has 1 fully saturated rings. The molecular weight excluding hydrogens is 254 g/mol. The van der Waals surface area contributed by atoms with Gasteiger partial charge in [-0.15, -0.1) is 0 Å². The summed E-state index contributed by atoms with van der Waals surface area (Å²) in [6.45, 7) is 1.17. The smallest absolute Gasteiger partial charge is 0.179 e. The number of benzene rings is 1. The Bertz CT molecular complexity index is 528. The van der Waals surface area contributed by atoms with Gasteiger partial charge in [0, 0.05) is 19.2 Å². The first-order valence-corrected chi connectivity index (χ1v) is 5.82. The number of carbonyl (C=O) groups is 1. The van der Waals surface area contributed by atoms with Crippen LogP contribution < -0.4 is 0 Å². The van der Waals surface area contributed by atoms with Gasteiger partial charge in [0.15, 0.2) is 11.9 Å². The molecule has 1 unspecified atom stereocenters. The van der Waals surface area contributed by atoms with Crippen molar-refractivity contribution in [3.05, 3.63) is 35.4 Å². The average Bonchev–Trinajstić information content (AvgIpc) is 2.38. The van der Waals surface area contributed by atoms with Crippen molar-refractivity contribution >= 4 is 5.78 Å². The maximum Gasteiger partial charge on any atom is 0.179 e. The number of hydrogen-bond acceptors (Lipinski definition) is 4. The van der Waals surface area contributed by atoms with E-state index in [2.05, 4.69) is 0 Å². The zero-order chi connectivity index (χ0) is 13.8. The highest BCUT2D eigenvalue weighted by Gasteiger charge is 2.23. The van der Waals surface area contributed by atoms with Crippen LogP contribution in [0.15, 0.2) is 18.2 Å². The molecular formula is C13H12F2N2O2. The van der Waals surface area contributed by atoms with Gasteiger partial charge in [0.25, 0.3) is 0 Å². The molecule has 1 aromatic carbocycles. The average molecular weight is 266 g/mol. The lowest BCUT2D eigenvalue weighted by Crippen LogP contribution is -2.44. The van der Waals surface area contributed by atoms with Crippen LogP contribution in [0, 0.1) is 23.0 Å². The summed E-state index contributed by atoms with van der Waals surface area (Å²) in [5.41, 5.74) is -0.138. The fourth-order valence-corrected chi connectivity index (χ4v) is 1.93. The highest BCUT2D eigenvalue weighted by atomic mass is 19.1. The number of halogens is 2. The van der Waals surface area contributed by atoms with Crippen molar-refractivity contribution in [2.24, 2.45) is 0 Å². The first kappa shape index (κ1) is 13.6. The zero-order valence-electron chi connectivity index (χ0n) is 10.1. The molecule has 1 aliphatic rings. The van der Waals surface area contributed by atoms with Crippen LogP contribution in [0.1, 0.15) is 10.4 Å². The van der Waals surface area contributed by atoms with Crippen molar-refractivity contribution in [2.75, 3.05) is 26.2 Å². The highest BCUT2D eigenvalue weighted by Crippen LogP contribution is 2.12. The summed E-state index contributed by atoms with van der Waals surface area (Å²) in [5.74, 6) is -2.02. The van der Waals surface area contributed by atoms with Gasteiger partial charge in [-0.1, -0.05) is 0 Å². The van der Waals surface area contributed by atoms with Crippen LogP contribution in [0.2, 0.25) is 0 Å². The molecule has 1 aromatic rings. The van der Waals surface area contributed by atoms with Gasteiger partial charge in [-0.05, 0) is 12.1 Å². The van der Waals surface area contributed by atoms with E-state index in [0.717, 1.165) is 12.1 Å². The van der Waals surface area contributed by atoms with E-state index in [1.807, 2.05) is 6.07 Å². The summed E-state index contributed by atoms with van der Waals surface area (Å²) < 4.78 is 31.3. The fraction of sp³-hybridized carbons (Fsp3) is 0.385. The Morgan fingerprint density at radius 1 is 1.53 bits per heavy atom. The van der Waals surface area contributed by atoms with Gasteiger partial charge in [-0.25, -0.2) is 8.78 Å². The summed E-state index contributed by atoms with van der Waals surface area (Å²) in [4.78, 5) is 13.6. The molecule has 0 amide bonds. The lowest BCUT2D eigenvalue weighted by atomic mass is 10.1. The van der Waals surface area contributed by atoms with Gasteiger partial charge in [-0.3, -0.25) is 9.69 Å². The van der Waals surface area contributed by atoms with Gasteiger partial charge in [0.2, 0.25) is 0 Å². The van der Waals surface area contributed by atoms with Crippen molar-refractivity contribution in [3.8, 4) is 6.07 Å². The van der Waals surface area contributed by atoms with Crippen LogP contribution in [0.4, 0.5) is 8.78 Å². The van der Waals surface area contributed by atoms with Gasteiger partial charge in [-0.2, -0.15) is 5.26 Å². The van der Waals surface area contributed by atoms with Crippen LogP contribution in [0.5, 0.6) is 0 Å². The van der Waals surface area contributed by atoms with Gasteiger partial charge >= 0.3 is 0 Å². The van der Waals surface area contributed by atoms with Crippen molar-refractivity contribution in [3.63, 3.8) is 0 Å². The molecule has 6 heteroatoms. The predicted octanol–water partition coefficient (Wildman–Crippen LogP) is 1.37. The molecule has 0 radical (unpaired) electrons. The van der Waals surface area contributed by atoms with Crippen molar-refractivity contribution in [2.45, 2.75) is 6.10 Å². The number of nitrogens with zero attached hydrogens (tertiary/aromatic N) is 2. The third kappa shape index (κ3) is 3.34. The van der Waals surface area contributed by atoms with E-state index in [9.17, 15) is 13.6 Å². The Morgan fingerprint density at radius 2 is 2.32 bits per heavy atom. The molecule has 1 saturated heterocycles. The van der Waals surface area contributed by atoms with E-state index in [1.165, 1.54) is 0 Å². The van der Waals surface area contributed by atoms with E-state index in [1.54, 1.807) is 4.90 Å². The zero-order valence-corrected chi connectivity index (χ0v) is 10.1. The Morgan fingerprint density at radius 3 is 3.00 bits per heavy atom. The number of ketones is 1. The molecule has 0 aliphatic carbocycles. The minimum atomic E-state index is -0.866. The molecule has 0 N–H and O–H groups in total.